The number of aliphatic hydroxyl groups is 1. The number of aromatic nitrogens is 2. The first-order valence-electron chi connectivity index (χ1n) is 28.9. The van der Waals surface area contributed by atoms with E-state index in [9.17, 15) is 30.0 Å². The topological polar surface area (TPSA) is 196 Å². The van der Waals surface area contributed by atoms with Gasteiger partial charge in [0.05, 0.1) is 24.9 Å². The average molecular weight is 1100 g/mol. The van der Waals surface area contributed by atoms with Gasteiger partial charge in [0.1, 0.15) is 40.7 Å². The maximum absolute atomic E-state index is 15.2. The second kappa shape index (κ2) is 23.6. The minimum Gasteiger partial charge on any atom is -0.508 e. The van der Waals surface area contributed by atoms with E-state index in [0.717, 1.165) is 87.9 Å². The number of esters is 1. The van der Waals surface area contributed by atoms with Crippen LogP contribution in [-0.2, 0) is 38.4 Å². The largest absolute Gasteiger partial charge is 0.508 e. The molecule has 422 valence electrons. The van der Waals surface area contributed by atoms with Crippen LogP contribution in [0.5, 0.6) is 34.5 Å². The van der Waals surface area contributed by atoms with Crippen LogP contribution in [0.25, 0.3) is 10.8 Å². The van der Waals surface area contributed by atoms with Crippen LogP contribution in [0.3, 0.4) is 0 Å². The second-order valence-corrected chi connectivity index (χ2v) is 23.0. The quantitative estimate of drug-likeness (QED) is 0.0712. The van der Waals surface area contributed by atoms with E-state index in [1.807, 2.05) is 24.3 Å². The zero-order chi connectivity index (χ0) is 56.4. The Morgan fingerprint density at radius 2 is 1.67 bits per heavy atom. The highest BCUT2D eigenvalue weighted by Crippen LogP contribution is 2.49. The van der Waals surface area contributed by atoms with E-state index in [4.69, 9.17) is 14.2 Å². The maximum atomic E-state index is 15.2. The SMILES string of the molecule is COc1cc([C@@H]2CC(=O)C[C@H](OC(C)=O)CC[C@@]3(C=CC=C[C@H]3C)Cc3c[nH]cc3C[C@@H](c3cccc(O)c3)C3=CCNC(=C3)N(CCC(=O)C3CCCCC3)c3ccc4c5c(n2cc35)CC[C@@H]4O)cc(O)c1Oc1cccc(O)c1. The van der Waals surface area contributed by atoms with Gasteiger partial charge in [0, 0.05) is 92.2 Å². The van der Waals surface area contributed by atoms with Crippen molar-refractivity contribution in [2.75, 3.05) is 25.1 Å². The molecular formula is C67H74N4O10. The van der Waals surface area contributed by atoms with Crippen molar-refractivity contribution in [3.63, 3.8) is 0 Å². The van der Waals surface area contributed by atoms with Crippen molar-refractivity contribution in [3.8, 4) is 34.5 Å². The Morgan fingerprint density at radius 1 is 0.864 bits per heavy atom. The molecule has 4 heterocycles. The zero-order valence-electron chi connectivity index (χ0n) is 46.5. The number of aromatic amines is 1. The molecule has 4 aromatic carbocycles. The number of aryl methyl sites for hydroxylation is 1. The predicted molar refractivity (Wildman–Crippen MR) is 312 cm³/mol. The van der Waals surface area contributed by atoms with Crippen molar-refractivity contribution in [1.82, 2.24) is 14.9 Å². The van der Waals surface area contributed by atoms with Gasteiger partial charge in [-0.3, -0.25) is 14.4 Å². The molecule has 11 rings (SSSR count). The minimum atomic E-state index is -0.768. The van der Waals surface area contributed by atoms with E-state index in [1.54, 1.807) is 30.3 Å². The fourth-order valence-corrected chi connectivity index (χ4v) is 13.6. The van der Waals surface area contributed by atoms with Crippen LogP contribution < -0.4 is 19.7 Å². The van der Waals surface area contributed by atoms with Gasteiger partial charge >= 0.3 is 5.97 Å². The summed E-state index contributed by atoms with van der Waals surface area (Å²) in [6.45, 7) is 4.46. The number of Topliss-reactive ketones (excluding diaryl/α,β-unsaturated/α-hetero) is 2. The molecule has 14 heteroatoms. The summed E-state index contributed by atoms with van der Waals surface area (Å²) in [4.78, 5) is 48.2. The maximum Gasteiger partial charge on any atom is 0.302 e. The number of allylic oxidation sites excluding steroid dienone is 6. The lowest BCUT2D eigenvalue weighted by Crippen LogP contribution is -2.36. The molecule has 1 spiro atoms. The lowest BCUT2D eigenvalue weighted by molar-refractivity contribution is -0.148. The number of fused-ring (bicyclic) bond motifs is 4. The number of nitrogens with one attached hydrogen (secondary N) is 2. The number of carbonyl (C=O) groups excluding carboxylic acids is 3. The third kappa shape index (κ3) is 11.7. The van der Waals surface area contributed by atoms with Crippen LogP contribution >= 0.6 is 0 Å². The number of hydrogen-bond donors (Lipinski definition) is 6. The molecule has 4 bridgehead atoms. The van der Waals surface area contributed by atoms with Gasteiger partial charge in [0.15, 0.2) is 11.5 Å². The summed E-state index contributed by atoms with van der Waals surface area (Å²) in [6, 6.07) is 20.4. The first-order chi connectivity index (χ1) is 39.2. The van der Waals surface area contributed by atoms with Crippen LogP contribution in [0.15, 0.2) is 139 Å². The molecular weight excluding hydrogens is 1020 g/mol. The molecule has 6 N–H and O–H groups in total. The molecule has 0 amide bonds. The number of nitrogens with zero attached hydrogens (tertiary/aromatic N) is 2. The zero-order valence-corrected chi connectivity index (χ0v) is 46.5. The van der Waals surface area contributed by atoms with Gasteiger partial charge in [-0.05, 0) is 145 Å². The van der Waals surface area contributed by atoms with Crippen molar-refractivity contribution in [2.45, 2.75) is 128 Å². The molecule has 81 heavy (non-hydrogen) atoms. The van der Waals surface area contributed by atoms with Gasteiger partial charge in [0.2, 0.25) is 5.75 Å². The van der Waals surface area contributed by atoms with Gasteiger partial charge < -0.3 is 54.4 Å². The average Bonchev–Trinajstić information content (AvgIpc) is 4.23. The number of benzene rings is 4. The number of ketones is 2. The molecule has 0 radical (unpaired) electrons. The van der Waals surface area contributed by atoms with E-state index in [2.05, 4.69) is 87.8 Å². The van der Waals surface area contributed by atoms with Crippen molar-refractivity contribution < 1.29 is 49.0 Å². The number of methoxy groups -OCH3 is 1. The number of anilines is 1. The number of dihydropyridines is 1. The fraction of sp³-hybridized carbons (Fsp3) is 0.388. The van der Waals surface area contributed by atoms with Crippen molar-refractivity contribution >= 4 is 34.0 Å². The molecule has 3 aliphatic carbocycles. The van der Waals surface area contributed by atoms with Gasteiger partial charge in [0.25, 0.3) is 0 Å². The Labute approximate surface area is 473 Å². The standard InChI is InChI=1S/C67H74N4O10/c1-41-11-7-8-25-67(41)26-22-53(80-42(2)72)35-51(75)36-59(46-31-62(78)66(63(32-46)79-3)81-52-17-10-16-50(74)34-52)71-40-56-57(19-18-54-61(77)21-20-58(71)65(54)56)70(28-24-60(76)43-12-5-4-6-13-43)64-33-45(23-27-69-64)55(44-14-9-15-49(73)29-44)30-47-38-68-39-48(47)37-67/h7-11,14-19,23,25,29,31-34,38-41,43,53,55,59,61,68-69,73-74,77-78H,4-6,12-13,20-22,24,26-28,30,35-37H2,1-3H3/t41-,53-,55+,59+,61+,67+/m1/s1. The Balaban J connectivity index is 1.11. The number of ether oxygens (including phenoxy) is 3. The summed E-state index contributed by atoms with van der Waals surface area (Å²) in [5.74, 6) is 0.713. The van der Waals surface area contributed by atoms with E-state index >= 15 is 4.79 Å². The lowest BCUT2D eigenvalue weighted by atomic mass is 9.66. The highest BCUT2D eigenvalue weighted by atomic mass is 16.5. The minimum absolute atomic E-state index is 0.00734. The molecule has 5 aliphatic rings. The van der Waals surface area contributed by atoms with Crippen LogP contribution in [0, 0.1) is 17.3 Å². The Bertz CT molecular complexity index is 3470. The lowest BCUT2D eigenvalue weighted by Gasteiger charge is -2.38. The normalized spacial score (nSPS) is 23.5. The number of rotatable bonds is 10. The van der Waals surface area contributed by atoms with Crippen LogP contribution in [0.4, 0.5) is 5.69 Å². The molecule has 6 atom stereocenters. The summed E-state index contributed by atoms with van der Waals surface area (Å²) >= 11 is 0. The van der Waals surface area contributed by atoms with Crippen LogP contribution in [0.2, 0.25) is 0 Å². The third-order valence-corrected chi connectivity index (χ3v) is 17.9. The second-order valence-electron chi connectivity index (χ2n) is 23.0. The van der Waals surface area contributed by atoms with Crippen LogP contribution in [0.1, 0.15) is 136 Å². The van der Waals surface area contributed by atoms with Crippen LogP contribution in [-0.4, -0.2) is 73.8 Å². The van der Waals surface area contributed by atoms with E-state index in [0.29, 0.717) is 63.6 Å². The molecule has 6 aromatic rings. The van der Waals surface area contributed by atoms with E-state index < -0.39 is 29.6 Å². The number of H-pyrrole nitrogens is 1. The molecule has 14 nitrogen and oxygen atoms in total. The Morgan fingerprint density at radius 3 is 2.44 bits per heavy atom. The monoisotopic (exact) mass is 1090 g/mol. The number of aromatic hydroxyl groups is 3. The smallest absolute Gasteiger partial charge is 0.302 e. The fourth-order valence-electron chi connectivity index (χ4n) is 13.6. The molecule has 0 saturated heterocycles. The first-order valence-corrected chi connectivity index (χ1v) is 28.9. The summed E-state index contributed by atoms with van der Waals surface area (Å²) in [5, 5.41) is 50.5. The van der Waals surface area contributed by atoms with Crippen molar-refractivity contribution in [2.24, 2.45) is 17.3 Å². The molecule has 2 aliphatic heterocycles. The highest BCUT2D eigenvalue weighted by Gasteiger charge is 2.38. The van der Waals surface area contributed by atoms with Gasteiger partial charge in [-0.1, -0.05) is 80.8 Å². The predicted octanol–water partition coefficient (Wildman–Crippen LogP) is 12.6. The third-order valence-electron chi connectivity index (χ3n) is 17.9. The van der Waals surface area contributed by atoms with E-state index in [-0.39, 0.29) is 76.7 Å². The van der Waals surface area contributed by atoms with Crippen molar-refractivity contribution in [1.29, 1.82) is 0 Å². The Hall–Kier alpha value is -7.97. The molecule has 1 fully saturated rings. The molecule has 0 unspecified atom stereocenters. The Kier molecular flexibility index (Phi) is 16.0. The molecule has 2 aromatic heterocycles. The van der Waals surface area contributed by atoms with Gasteiger partial charge in [-0.2, -0.15) is 0 Å². The summed E-state index contributed by atoms with van der Waals surface area (Å²) in [5.41, 5.74) is 6.88. The summed E-state index contributed by atoms with van der Waals surface area (Å²) < 4.78 is 20.3. The highest BCUT2D eigenvalue weighted by molar-refractivity contribution is 6.00. The number of carbonyl (C=O) groups is 3. The van der Waals surface area contributed by atoms with Gasteiger partial charge in [-0.15, -0.1) is 0 Å². The van der Waals surface area contributed by atoms with Gasteiger partial charge in [-0.25, -0.2) is 0 Å². The summed E-state index contributed by atoms with van der Waals surface area (Å²) in [6.07, 6.45) is 26.1. The number of phenolic OH excluding ortho intramolecular Hbond substituents is 3. The van der Waals surface area contributed by atoms with Crippen molar-refractivity contribution in [3.05, 3.63) is 173 Å². The summed E-state index contributed by atoms with van der Waals surface area (Å²) in [7, 11) is 1.47. The first kappa shape index (κ1) is 55.0. The number of phenols is 3. The molecule has 1 saturated carbocycles. The number of aliphatic hydroxyl groups excluding tert-OH is 1. The van der Waals surface area contributed by atoms with E-state index in [1.165, 1.54) is 26.2 Å². The number of hydrogen-bond acceptors (Lipinski definition) is 12.